The molecule has 2 aliphatic heterocycles. The molecule has 3 rings (SSSR count). The second kappa shape index (κ2) is 7.14. The summed E-state index contributed by atoms with van der Waals surface area (Å²) >= 11 is 0. The lowest BCUT2D eigenvalue weighted by molar-refractivity contribution is 0.0120. The van der Waals surface area contributed by atoms with Crippen molar-refractivity contribution in [2.75, 3.05) is 26.2 Å². The lowest BCUT2D eigenvalue weighted by Crippen LogP contribution is -2.32. The van der Waals surface area contributed by atoms with Crippen LogP contribution in [0.4, 0.5) is 8.78 Å². The van der Waals surface area contributed by atoms with Crippen LogP contribution in [0.2, 0.25) is 0 Å². The van der Waals surface area contributed by atoms with Crippen LogP contribution in [0, 0.1) is 6.92 Å². The second-order valence-corrected chi connectivity index (χ2v) is 6.43. The predicted molar refractivity (Wildman–Crippen MR) is 88.7 cm³/mol. The van der Waals surface area contributed by atoms with Gasteiger partial charge in [-0.3, -0.25) is 4.79 Å². The van der Waals surface area contributed by atoms with E-state index >= 15 is 0 Å². The smallest absolute Gasteiger partial charge is 0.267 e. The Morgan fingerprint density at radius 2 is 2.00 bits per heavy atom. The first kappa shape index (κ1) is 18.1. The molecular formula is C17H23ClF2N2O. The van der Waals surface area contributed by atoms with Gasteiger partial charge in [0.15, 0.2) is 0 Å². The third-order valence-electron chi connectivity index (χ3n) is 4.75. The quantitative estimate of drug-likeness (QED) is 0.892. The van der Waals surface area contributed by atoms with Gasteiger partial charge in [0.25, 0.3) is 11.8 Å². The maximum Gasteiger partial charge on any atom is 0.267 e. The van der Waals surface area contributed by atoms with E-state index in [-0.39, 0.29) is 31.3 Å². The van der Waals surface area contributed by atoms with Crippen LogP contribution in [0.25, 0.3) is 0 Å². The highest BCUT2D eigenvalue weighted by molar-refractivity contribution is 5.96. The Morgan fingerprint density at radius 1 is 1.30 bits per heavy atom. The first-order valence-electron chi connectivity index (χ1n) is 7.95. The van der Waals surface area contributed by atoms with E-state index in [1.165, 1.54) is 10.5 Å². The molecule has 1 N–H and O–H groups in total. The SMILES string of the molecule is Cc1cc(C2CCNCC2)ccc1C(=O)N1CCC(F)(F)C1.Cl. The van der Waals surface area contributed by atoms with E-state index in [0.29, 0.717) is 11.5 Å². The Balaban J connectivity index is 0.00000192. The minimum absolute atomic E-state index is 0. The summed E-state index contributed by atoms with van der Waals surface area (Å²) in [6.45, 7) is 3.62. The van der Waals surface area contributed by atoms with Crippen molar-refractivity contribution < 1.29 is 13.6 Å². The molecule has 1 aromatic carbocycles. The summed E-state index contributed by atoms with van der Waals surface area (Å²) in [5, 5.41) is 3.34. The average Bonchev–Trinajstić information content (AvgIpc) is 2.87. The summed E-state index contributed by atoms with van der Waals surface area (Å²) in [4.78, 5) is 13.7. The molecule has 2 saturated heterocycles. The number of nitrogens with one attached hydrogen (secondary N) is 1. The average molecular weight is 345 g/mol. The molecule has 2 aliphatic rings. The van der Waals surface area contributed by atoms with Crippen molar-refractivity contribution in [1.82, 2.24) is 10.2 Å². The zero-order chi connectivity index (χ0) is 15.7. The molecule has 0 saturated carbocycles. The molecule has 0 aliphatic carbocycles. The maximum absolute atomic E-state index is 13.3. The first-order valence-corrected chi connectivity index (χ1v) is 7.95. The van der Waals surface area contributed by atoms with Gasteiger partial charge in [-0.15, -0.1) is 12.4 Å². The highest BCUT2D eigenvalue weighted by Crippen LogP contribution is 2.30. The van der Waals surface area contributed by atoms with Gasteiger partial charge in [-0.25, -0.2) is 8.78 Å². The molecule has 3 nitrogen and oxygen atoms in total. The molecule has 23 heavy (non-hydrogen) atoms. The Morgan fingerprint density at radius 3 is 2.57 bits per heavy atom. The van der Waals surface area contributed by atoms with E-state index in [0.717, 1.165) is 31.5 Å². The molecule has 2 fully saturated rings. The van der Waals surface area contributed by atoms with Crippen molar-refractivity contribution in [3.05, 3.63) is 34.9 Å². The zero-order valence-electron chi connectivity index (χ0n) is 13.3. The number of likely N-dealkylation sites (tertiary alicyclic amines) is 1. The summed E-state index contributed by atoms with van der Waals surface area (Å²) in [6.07, 6.45) is 1.97. The molecule has 6 heteroatoms. The predicted octanol–water partition coefficient (Wildman–Crippen LogP) is 3.37. The molecule has 0 unspecified atom stereocenters. The molecule has 0 aromatic heterocycles. The number of alkyl halides is 2. The van der Waals surface area contributed by atoms with Gasteiger partial charge in [-0.1, -0.05) is 12.1 Å². The Kier molecular flexibility index (Phi) is 5.63. The molecule has 0 radical (unpaired) electrons. The summed E-state index contributed by atoms with van der Waals surface area (Å²) in [5.74, 6) is -2.48. The van der Waals surface area contributed by atoms with E-state index in [2.05, 4.69) is 11.4 Å². The zero-order valence-corrected chi connectivity index (χ0v) is 14.1. The summed E-state index contributed by atoms with van der Waals surface area (Å²) in [7, 11) is 0. The van der Waals surface area contributed by atoms with E-state index in [9.17, 15) is 13.6 Å². The van der Waals surface area contributed by atoms with Gasteiger partial charge < -0.3 is 10.2 Å². The van der Waals surface area contributed by atoms with E-state index in [4.69, 9.17) is 0 Å². The van der Waals surface area contributed by atoms with Crippen LogP contribution in [0.5, 0.6) is 0 Å². The van der Waals surface area contributed by atoms with Gasteiger partial charge >= 0.3 is 0 Å². The monoisotopic (exact) mass is 344 g/mol. The molecule has 128 valence electrons. The van der Waals surface area contributed by atoms with Crippen LogP contribution in [0.1, 0.15) is 46.7 Å². The fraction of sp³-hybridized carbons (Fsp3) is 0.588. The van der Waals surface area contributed by atoms with Gasteiger partial charge in [-0.2, -0.15) is 0 Å². The normalized spacial score (nSPS) is 21.1. The Hall–Kier alpha value is -1.20. The molecule has 0 spiro atoms. The van der Waals surface area contributed by atoms with Crippen LogP contribution in [-0.2, 0) is 0 Å². The van der Waals surface area contributed by atoms with Crippen LogP contribution < -0.4 is 5.32 Å². The first-order chi connectivity index (χ1) is 10.5. The second-order valence-electron chi connectivity index (χ2n) is 6.43. The van der Waals surface area contributed by atoms with Crippen molar-refractivity contribution in [1.29, 1.82) is 0 Å². The van der Waals surface area contributed by atoms with Crippen molar-refractivity contribution in [2.45, 2.75) is 38.0 Å². The van der Waals surface area contributed by atoms with Crippen LogP contribution in [-0.4, -0.2) is 42.9 Å². The maximum atomic E-state index is 13.3. The number of hydrogen-bond donors (Lipinski definition) is 1. The fourth-order valence-corrected chi connectivity index (χ4v) is 3.42. The summed E-state index contributed by atoms with van der Waals surface area (Å²) in [6, 6.07) is 5.85. The highest BCUT2D eigenvalue weighted by atomic mass is 35.5. The van der Waals surface area contributed by atoms with Crippen molar-refractivity contribution >= 4 is 18.3 Å². The van der Waals surface area contributed by atoms with Crippen LogP contribution in [0.3, 0.4) is 0 Å². The molecular weight excluding hydrogens is 322 g/mol. The third kappa shape index (κ3) is 4.01. The van der Waals surface area contributed by atoms with Crippen molar-refractivity contribution in [3.8, 4) is 0 Å². The Labute approximate surface area is 141 Å². The van der Waals surface area contributed by atoms with Gasteiger partial charge in [0, 0.05) is 18.5 Å². The van der Waals surface area contributed by atoms with E-state index in [1.54, 1.807) is 0 Å². The molecule has 1 aromatic rings. The number of carbonyl (C=O) groups excluding carboxylic acids is 1. The summed E-state index contributed by atoms with van der Waals surface area (Å²) < 4.78 is 26.6. The van der Waals surface area contributed by atoms with E-state index < -0.39 is 12.5 Å². The minimum atomic E-state index is -2.74. The number of halogens is 3. The van der Waals surface area contributed by atoms with Gasteiger partial charge in [0.1, 0.15) is 0 Å². The van der Waals surface area contributed by atoms with Crippen molar-refractivity contribution in [3.63, 3.8) is 0 Å². The standard InChI is InChI=1S/C17H22F2N2O.ClH/c1-12-10-14(13-4-7-20-8-5-13)2-3-15(12)16(22)21-9-6-17(18,19)11-21;/h2-3,10,13,20H,4-9,11H2,1H3;1H. The largest absolute Gasteiger partial charge is 0.332 e. The lowest BCUT2D eigenvalue weighted by atomic mass is 9.88. The molecule has 0 bridgehead atoms. The number of benzene rings is 1. The lowest BCUT2D eigenvalue weighted by Gasteiger charge is -2.24. The summed E-state index contributed by atoms with van der Waals surface area (Å²) in [5.41, 5.74) is 2.69. The van der Waals surface area contributed by atoms with Gasteiger partial charge in [0.05, 0.1) is 6.54 Å². The van der Waals surface area contributed by atoms with Gasteiger partial charge in [0.2, 0.25) is 0 Å². The number of nitrogens with zero attached hydrogens (tertiary/aromatic N) is 1. The fourth-order valence-electron chi connectivity index (χ4n) is 3.42. The number of piperidine rings is 1. The van der Waals surface area contributed by atoms with E-state index in [1.807, 2.05) is 19.1 Å². The third-order valence-corrected chi connectivity index (χ3v) is 4.75. The topological polar surface area (TPSA) is 32.3 Å². The minimum Gasteiger partial charge on any atom is -0.332 e. The number of carbonyl (C=O) groups is 1. The Bertz CT molecular complexity index is 574. The number of amides is 1. The number of hydrogen-bond acceptors (Lipinski definition) is 2. The molecule has 1 amide bonds. The molecule has 2 heterocycles. The number of rotatable bonds is 2. The molecule has 0 atom stereocenters. The van der Waals surface area contributed by atoms with Gasteiger partial charge in [-0.05, 0) is 56.0 Å². The van der Waals surface area contributed by atoms with Crippen LogP contribution >= 0.6 is 12.4 Å². The highest BCUT2D eigenvalue weighted by Gasteiger charge is 2.40. The van der Waals surface area contributed by atoms with Crippen molar-refractivity contribution in [2.24, 2.45) is 0 Å². The van der Waals surface area contributed by atoms with Crippen LogP contribution in [0.15, 0.2) is 18.2 Å². The number of aryl methyl sites for hydroxylation is 1.